The zero-order chi connectivity index (χ0) is 14.0. The number of hydrogen-bond acceptors (Lipinski definition) is 5. The largest absolute Gasteiger partial charge is 0.386 e. The molecule has 0 saturated carbocycles. The van der Waals surface area contributed by atoms with Gasteiger partial charge < -0.3 is 15.2 Å². The quantitative estimate of drug-likeness (QED) is 0.654. The lowest BCUT2D eigenvalue weighted by molar-refractivity contribution is -0.384. The molecule has 0 aromatic heterocycles. The Kier molecular flexibility index (Phi) is 3.88. The number of rotatable bonds is 4. The standard InChI is InChI=1S/C11H12ClFN2O4/c12-7-3-10(15(17)18)9(4-8(7)13)14-5-11(16)1-2-19-6-11/h3-4,14,16H,1-2,5-6H2. The molecule has 19 heavy (non-hydrogen) atoms. The van der Waals surface area contributed by atoms with Crippen LogP contribution in [0, 0.1) is 15.9 Å². The topological polar surface area (TPSA) is 84.6 Å². The van der Waals surface area contributed by atoms with E-state index in [1.807, 2.05) is 0 Å². The van der Waals surface area contributed by atoms with Crippen LogP contribution in [0.2, 0.25) is 5.02 Å². The van der Waals surface area contributed by atoms with Crippen LogP contribution < -0.4 is 5.32 Å². The van der Waals surface area contributed by atoms with Gasteiger partial charge >= 0.3 is 0 Å². The minimum absolute atomic E-state index is 0.0211. The molecule has 1 aliphatic rings. The molecule has 104 valence electrons. The van der Waals surface area contributed by atoms with Gasteiger partial charge in [-0.1, -0.05) is 11.6 Å². The molecular formula is C11H12ClFN2O4. The number of nitrogens with zero attached hydrogens (tertiary/aromatic N) is 1. The van der Waals surface area contributed by atoms with Crippen LogP contribution in [-0.4, -0.2) is 35.4 Å². The average Bonchev–Trinajstić information content (AvgIpc) is 2.77. The van der Waals surface area contributed by atoms with Gasteiger partial charge in [0, 0.05) is 31.7 Å². The average molecular weight is 291 g/mol. The summed E-state index contributed by atoms with van der Waals surface area (Å²) in [5, 5.41) is 23.2. The summed E-state index contributed by atoms with van der Waals surface area (Å²) in [6.45, 7) is 0.605. The van der Waals surface area contributed by atoms with E-state index < -0.39 is 16.3 Å². The molecule has 2 N–H and O–H groups in total. The number of hydrogen-bond donors (Lipinski definition) is 2. The first-order valence-electron chi connectivity index (χ1n) is 5.59. The Hall–Kier alpha value is -1.44. The minimum Gasteiger partial charge on any atom is -0.386 e. The summed E-state index contributed by atoms with van der Waals surface area (Å²) in [4.78, 5) is 10.2. The van der Waals surface area contributed by atoms with Crippen molar-refractivity contribution in [1.29, 1.82) is 0 Å². The van der Waals surface area contributed by atoms with E-state index in [1.54, 1.807) is 0 Å². The molecule has 0 spiro atoms. The van der Waals surface area contributed by atoms with Crippen molar-refractivity contribution in [1.82, 2.24) is 0 Å². The first-order valence-corrected chi connectivity index (χ1v) is 5.96. The van der Waals surface area contributed by atoms with Crippen molar-refractivity contribution in [2.24, 2.45) is 0 Å². The fourth-order valence-electron chi connectivity index (χ4n) is 1.82. The van der Waals surface area contributed by atoms with E-state index in [1.165, 1.54) is 0 Å². The third-order valence-electron chi connectivity index (χ3n) is 2.93. The molecule has 0 aliphatic carbocycles. The van der Waals surface area contributed by atoms with Crippen molar-refractivity contribution in [3.05, 3.63) is 33.1 Å². The van der Waals surface area contributed by atoms with Crippen molar-refractivity contribution in [3.8, 4) is 0 Å². The van der Waals surface area contributed by atoms with Gasteiger partial charge in [0.2, 0.25) is 0 Å². The molecule has 8 heteroatoms. The third kappa shape index (κ3) is 3.12. The highest BCUT2D eigenvalue weighted by atomic mass is 35.5. The summed E-state index contributed by atoms with van der Waals surface area (Å²) in [6, 6.07) is 1.88. The Bertz CT molecular complexity index is 506. The lowest BCUT2D eigenvalue weighted by Crippen LogP contribution is -2.37. The normalized spacial score (nSPS) is 22.5. The van der Waals surface area contributed by atoms with Crippen LogP contribution in [0.1, 0.15) is 6.42 Å². The molecule has 1 atom stereocenters. The number of nitrogens with one attached hydrogen (secondary N) is 1. The Labute approximate surface area is 113 Å². The van der Waals surface area contributed by atoms with Gasteiger partial charge in [-0.2, -0.15) is 0 Å². The third-order valence-corrected chi connectivity index (χ3v) is 3.22. The van der Waals surface area contributed by atoms with Crippen molar-refractivity contribution >= 4 is 23.0 Å². The molecule has 1 unspecified atom stereocenters. The highest BCUT2D eigenvalue weighted by molar-refractivity contribution is 6.31. The molecule has 1 heterocycles. The second kappa shape index (κ2) is 5.28. The number of halogens is 2. The van der Waals surface area contributed by atoms with E-state index in [0.717, 1.165) is 12.1 Å². The summed E-state index contributed by atoms with van der Waals surface area (Å²) in [6.07, 6.45) is 0.421. The number of anilines is 1. The van der Waals surface area contributed by atoms with Crippen LogP contribution in [0.4, 0.5) is 15.8 Å². The Morgan fingerprint density at radius 3 is 2.95 bits per heavy atom. The van der Waals surface area contributed by atoms with E-state index in [-0.39, 0.29) is 29.5 Å². The molecule has 1 aromatic rings. The minimum atomic E-state index is -1.09. The summed E-state index contributed by atoms with van der Waals surface area (Å²) >= 11 is 5.51. The fourth-order valence-corrected chi connectivity index (χ4v) is 1.98. The van der Waals surface area contributed by atoms with Crippen LogP contribution in [0.3, 0.4) is 0 Å². The zero-order valence-electron chi connectivity index (χ0n) is 9.86. The van der Waals surface area contributed by atoms with E-state index in [0.29, 0.717) is 13.0 Å². The molecule has 1 fully saturated rings. The number of benzene rings is 1. The van der Waals surface area contributed by atoms with Crippen LogP contribution in [-0.2, 0) is 4.74 Å². The van der Waals surface area contributed by atoms with Gasteiger partial charge in [-0.3, -0.25) is 10.1 Å². The molecule has 0 amide bonds. The second-order valence-corrected chi connectivity index (χ2v) is 4.83. The maximum Gasteiger partial charge on any atom is 0.294 e. The molecule has 1 aliphatic heterocycles. The monoisotopic (exact) mass is 290 g/mol. The number of aliphatic hydroxyl groups is 1. The van der Waals surface area contributed by atoms with E-state index in [2.05, 4.69) is 5.32 Å². The lowest BCUT2D eigenvalue weighted by Gasteiger charge is -2.21. The van der Waals surface area contributed by atoms with Gasteiger partial charge in [-0.15, -0.1) is 0 Å². The molecule has 0 bridgehead atoms. The van der Waals surface area contributed by atoms with Gasteiger partial charge in [0.1, 0.15) is 17.1 Å². The summed E-state index contributed by atoms with van der Waals surface area (Å²) in [5.74, 6) is -0.760. The SMILES string of the molecule is O=[N+]([O-])c1cc(Cl)c(F)cc1NCC1(O)CCOC1. The van der Waals surface area contributed by atoms with Gasteiger partial charge in [0.25, 0.3) is 5.69 Å². The first-order chi connectivity index (χ1) is 8.91. The van der Waals surface area contributed by atoms with Crippen LogP contribution in [0.5, 0.6) is 0 Å². The van der Waals surface area contributed by atoms with Crippen molar-refractivity contribution in [3.63, 3.8) is 0 Å². The van der Waals surface area contributed by atoms with Crippen LogP contribution >= 0.6 is 11.6 Å². The van der Waals surface area contributed by atoms with Gasteiger partial charge in [0.05, 0.1) is 16.6 Å². The van der Waals surface area contributed by atoms with Crippen LogP contribution in [0.15, 0.2) is 12.1 Å². The van der Waals surface area contributed by atoms with Gasteiger partial charge in [-0.25, -0.2) is 4.39 Å². The highest BCUT2D eigenvalue weighted by Gasteiger charge is 2.32. The zero-order valence-corrected chi connectivity index (χ0v) is 10.6. The molecule has 0 radical (unpaired) electrons. The first kappa shape index (κ1) is 14.0. The predicted octanol–water partition coefficient (Wildman–Crippen LogP) is 1.95. The molecule has 1 saturated heterocycles. The Morgan fingerprint density at radius 1 is 1.63 bits per heavy atom. The Balaban J connectivity index is 2.19. The maximum atomic E-state index is 13.3. The van der Waals surface area contributed by atoms with Crippen LogP contribution in [0.25, 0.3) is 0 Å². The molecule has 6 nitrogen and oxygen atoms in total. The summed E-state index contributed by atoms with van der Waals surface area (Å²) < 4.78 is 18.4. The summed E-state index contributed by atoms with van der Waals surface area (Å²) in [7, 11) is 0. The number of nitro groups is 1. The van der Waals surface area contributed by atoms with E-state index >= 15 is 0 Å². The molecule has 1 aromatic carbocycles. The maximum absolute atomic E-state index is 13.3. The smallest absolute Gasteiger partial charge is 0.294 e. The number of ether oxygens (including phenoxy) is 1. The van der Waals surface area contributed by atoms with Crippen molar-refractivity contribution in [2.75, 3.05) is 25.1 Å². The second-order valence-electron chi connectivity index (χ2n) is 4.42. The van der Waals surface area contributed by atoms with Crippen molar-refractivity contribution in [2.45, 2.75) is 12.0 Å². The van der Waals surface area contributed by atoms with Crippen molar-refractivity contribution < 1.29 is 19.2 Å². The fraction of sp³-hybridized carbons (Fsp3) is 0.455. The predicted molar refractivity (Wildman–Crippen MR) is 66.9 cm³/mol. The Morgan fingerprint density at radius 2 is 2.37 bits per heavy atom. The van der Waals surface area contributed by atoms with Gasteiger partial charge in [0.15, 0.2) is 0 Å². The van der Waals surface area contributed by atoms with Gasteiger partial charge in [-0.05, 0) is 0 Å². The highest BCUT2D eigenvalue weighted by Crippen LogP contribution is 2.31. The van der Waals surface area contributed by atoms with E-state index in [9.17, 15) is 19.6 Å². The van der Waals surface area contributed by atoms with E-state index in [4.69, 9.17) is 16.3 Å². The molecule has 2 rings (SSSR count). The molecular weight excluding hydrogens is 279 g/mol. The number of nitro benzene ring substituents is 1. The lowest BCUT2D eigenvalue weighted by atomic mass is 10.0. The summed E-state index contributed by atoms with van der Waals surface area (Å²) in [5.41, 5.74) is -1.45.